The Morgan fingerprint density at radius 2 is 2.31 bits per heavy atom. The lowest BCUT2D eigenvalue weighted by Crippen LogP contribution is -1.98. The number of aromatic nitrogens is 5. The Balaban J connectivity index is 2.30. The van der Waals surface area contributed by atoms with Gasteiger partial charge in [-0.05, 0) is 27.7 Å². The highest BCUT2D eigenvalue weighted by atomic mass is 79.9. The molecule has 8 heteroatoms. The van der Waals surface area contributed by atoms with Crippen LogP contribution in [-0.2, 0) is 7.05 Å². The molecule has 0 aromatic carbocycles. The molecule has 84 valence electrons. The number of rotatable bonds is 3. The fraction of sp³-hybridized carbons (Fsp3) is 0.250. The largest absolute Gasteiger partial charge is 0.357 e. The Kier molecular flexibility index (Phi) is 3.39. The number of nitrogens with zero attached hydrogens (tertiary/aromatic N) is 5. The molecule has 2 rings (SSSR count). The van der Waals surface area contributed by atoms with Crippen molar-refractivity contribution in [3.8, 4) is 0 Å². The van der Waals surface area contributed by atoms with E-state index in [1.807, 2.05) is 11.6 Å². The molecule has 0 saturated heterocycles. The predicted octanol–water partition coefficient (Wildman–Crippen LogP) is 1.56. The fourth-order valence-electron chi connectivity index (χ4n) is 0.995. The Morgan fingerprint density at radius 1 is 1.50 bits per heavy atom. The van der Waals surface area contributed by atoms with Gasteiger partial charge in [0.2, 0.25) is 5.95 Å². The van der Waals surface area contributed by atoms with Crippen molar-refractivity contribution in [1.29, 1.82) is 0 Å². The first-order chi connectivity index (χ1) is 7.70. The summed E-state index contributed by atoms with van der Waals surface area (Å²) in [5.41, 5.74) is 0. The van der Waals surface area contributed by atoms with Crippen LogP contribution in [0.3, 0.4) is 0 Å². The molecule has 16 heavy (non-hydrogen) atoms. The van der Waals surface area contributed by atoms with E-state index >= 15 is 0 Å². The van der Waals surface area contributed by atoms with Gasteiger partial charge in [0.05, 0.1) is 4.47 Å². The molecule has 1 N–H and O–H groups in total. The summed E-state index contributed by atoms with van der Waals surface area (Å²) >= 11 is 4.83. The monoisotopic (exact) mass is 300 g/mol. The van der Waals surface area contributed by atoms with Gasteiger partial charge in [0, 0.05) is 20.3 Å². The van der Waals surface area contributed by atoms with Crippen LogP contribution < -0.4 is 5.32 Å². The molecule has 2 aromatic heterocycles. The third-order valence-corrected chi connectivity index (χ3v) is 3.69. The summed E-state index contributed by atoms with van der Waals surface area (Å²) in [7, 11) is 3.66. The smallest absolute Gasteiger partial charge is 0.223 e. The van der Waals surface area contributed by atoms with Crippen molar-refractivity contribution in [2.45, 2.75) is 10.2 Å². The van der Waals surface area contributed by atoms with Gasteiger partial charge in [0.25, 0.3) is 0 Å². The lowest BCUT2D eigenvalue weighted by atomic mass is 10.7. The molecular formula is C8H9BrN6S. The van der Waals surface area contributed by atoms with Crippen LogP contribution in [0, 0.1) is 0 Å². The molecule has 0 aliphatic carbocycles. The van der Waals surface area contributed by atoms with Gasteiger partial charge in [-0.1, -0.05) is 0 Å². The quantitative estimate of drug-likeness (QED) is 0.868. The highest BCUT2D eigenvalue weighted by molar-refractivity contribution is 9.10. The molecule has 0 saturated carbocycles. The lowest BCUT2D eigenvalue weighted by molar-refractivity contribution is 0.786. The molecule has 0 unspecified atom stereocenters. The predicted molar refractivity (Wildman–Crippen MR) is 64.4 cm³/mol. The van der Waals surface area contributed by atoms with Crippen LogP contribution in [0.4, 0.5) is 5.95 Å². The van der Waals surface area contributed by atoms with Gasteiger partial charge in [-0.15, -0.1) is 10.2 Å². The number of nitrogens with one attached hydrogen (secondary N) is 1. The number of anilines is 1. The summed E-state index contributed by atoms with van der Waals surface area (Å²) in [6.07, 6.45) is 3.36. The molecule has 2 aromatic rings. The van der Waals surface area contributed by atoms with Crippen molar-refractivity contribution in [3.63, 3.8) is 0 Å². The van der Waals surface area contributed by atoms with E-state index in [0.29, 0.717) is 5.95 Å². The summed E-state index contributed by atoms with van der Waals surface area (Å²) in [5, 5.41) is 12.3. The average Bonchev–Trinajstić information content (AvgIpc) is 2.68. The maximum atomic E-state index is 4.32. The molecule has 0 fully saturated rings. The molecule has 0 amide bonds. The van der Waals surface area contributed by atoms with Crippen LogP contribution in [-0.4, -0.2) is 31.8 Å². The third-order valence-electron chi connectivity index (χ3n) is 1.79. The molecule has 0 aliphatic rings. The van der Waals surface area contributed by atoms with Crippen molar-refractivity contribution in [2.75, 3.05) is 12.4 Å². The second kappa shape index (κ2) is 4.79. The van der Waals surface area contributed by atoms with Crippen molar-refractivity contribution in [1.82, 2.24) is 24.7 Å². The highest BCUT2D eigenvalue weighted by Crippen LogP contribution is 2.30. The summed E-state index contributed by atoms with van der Waals surface area (Å²) in [5.74, 6) is 0.577. The lowest BCUT2D eigenvalue weighted by Gasteiger charge is -2.04. The van der Waals surface area contributed by atoms with Gasteiger partial charge in [-0.2, -0.15) is 0 Å². The van der Waals surface area contributed by atoms with E-state index in [2.05, 4.69) is 41.4 Å². The van der Waals surface area contributed by atoms with Gasteiger partial charge in [-0.3, -0.25) is 0 Å². The van der Waals surface area contributed by atoms with E-state index in [4.69, 9.17) is 0 Å². The van der Waals surface area contributed by atoms with Crippen molar-refractivity contribution >= 4 is 33.6 Å². The molecule has 0 spiro atoms. The second-order valence-corrected chi connectivity index (χ2v) is 4.73. The van der Waals surface area contributed by atoms with Crippen LogP contribution in [0.2, 0.25) is 0 Å². The van der Waals surface area contributed by atoms with Gasteiger partial charge in [0.1, 0.15) is 11.4 Å². The van der Waals surface area contributed by atoms with E-state index in [-0.39, 0.29) is 0 Å². The molecule has 0 atom stereocenters. The number of halogens is 1. The molecule has 0 bridgehead atoms. The minimum absolute atomic E-state index is 0.577. The van der Waals surface area contributed by atoms with Crippen LogP contribution in [0.25, 0.3) is 0 Å². The number of aryl methyl sites for hydroxylation is 1. The zero-order valence-corrected chi connectivity index (χ0v) is 11.1. The van der Waals surface area contributed by atoms with Gasteiger partial charge < -0.3 is 9.88 Å². The summed E-state index contributed by atoms with van der Waals surface area (Å²) < 4.78 is 2.66. The number of hydrogen-bond donors (Lipinski definition) is 1. The van der Waals surface area contributed by atoms with Crippen molar-refractivity contribution in [2.24, 2.45) is 7.05 Å². The van der Waals surface area contributed by atoms with E-state index < -0.39 is 0 Å². The van der Waals surface area contributed by atoms with E-state index in [0.717, 1.165) is 14.7 Å². The molecular weight excluding hydrogens is 292 g/mol. The number of hydrogen-bond acceptors (Lipinski definition) is 6. The zero-order valence-electron chi connectivity index (χ0n) is 8.68. The van der Waals surface area contributed by atoms with Crippen LogP contribution in [0.15, 0.2) is 27.2 Å². The summed E-state index contributed by atoms with van der Waals surface area (Å²) in [4.78, 5) is 8.40. The topological polar surface area (TPSA) is 68.5 Å². The summed E-state index contributed by atoms with van der Waals surface area (Å²) in [6, 6.07) is 0. The molecule has 6 nitrogen and oxygen atoms in total. The molecule has 0 radical (unpaired) electrons. The van der Waals surface area contributed by atoms with Gasteiger partial charge >= 0.3 is 0 Å². The average molecular weight is 301 g/mol. The maximum absolute atomic E-state index is 4.32. The van der Waals surface area contributed by atoms with Gasteiger partial charge in [-0.25, -0.2) is 9.97 Å². The fourth-order valence-corrected chi connectivity index (χ4v) is 2.16. The van der Waals surface area contributed by atoms with Crippen LogP contribution in [0.5, 0.6) is 0 Å². The SMILES string of the molecule is CNc1ncc(Br)c(Sc2nncn2C)n1. The first-order valence-corrected chi connectivity index (χ1v) is 6.04. The Labute approximate surface area is 105 Å². The first-order valence-electron chi connectivity index (χ1n) is 4.43. The minimum atomic E-state index is 0.577. The normalized spacial score (nSPS) is 10.4. The van der Waals surface area contributed by atoms with Crippen LogP contribution in [0.1, 0.15) is 0 Å². The van der Waals surface area contributed by atoms with E-state index in [1.165, 1.54) is 11.8 Å². The minimum Gasteiger partial charge on any atom is -0.357 e. The summed E-state index contributed by atoms with van der Waals surface area (Å²) in [6.45, 7) is 0. The molecule has 0 aliphatic heterocycles. The Hall–Kier alpha value is -1.15. The van der Waals surface area contributed by atoms with Crippen molar-refractivity contribution < 1.29 is 0 Å². The van der Waals surface area contributed by atoms with E-state index in [9.17, 15) is 0 Å². The van der Waals surface area contributed by atoms with Crippen molar-refractivity contribution in [3.05, 3.63) is 17.0 Å². The van der Waals surface area contributed by atoms with Gasteiger partial charge in [0.15, 0.2) is 5.16 Å². The Morgan fingerprint density at radius 3 is 2.94 bits per heavy atom. The third kappa shape index (κ3) is 2.33. The molecule has 2 heterocycles. The first kappa shape index (κ1) is 11.3. The van der Waals surface area contributed by atoms with Crippen LogP contribution >= 0.6 is 27.7 Å². The highest BCUT2D eigenvalue weighted by Gasteiger charge is 2.09. The maximum Gasteiger partial charge on any atom is 0.223 e. The van der Waals surface area contributed by atoms with E-state index in [1.54, 1.807) is 19.6 Å². The standard InChI is InChI=1S/C8H9BrN6S/c1-10-7-11-3-5(9)6(13-7)16-8-14-12-4-15(8)2/h3-4H,1-2H3,(H,10,11,13). The Bertz CT molecular complexity index is 499. The zero-order chi connectivity index (χ0) is 11.5. The second-order valence-electron chi connectivity index (χ2n) is 2.92.